The first kappa shape index (κ1) is 13.3. The van der Waals surface area contributed by atoms with Gasteiger partial charge in [-0.05, 0) is 25.5 Å². The van der Waals surface area contributed by atoms with Crippen molar-refractivity contribution in [1.29, 1.82) is 0 Å². The van der Waals surface area contributed by atoms with Crippen LogP contribution in [0.15, 0.2) is 12.1 Å². The fourth-order valence-corrected chi connectivity index (χ4v) is 2.35. The maximum absolute atomic E-state index is 6.29. The Kier molecular flexibility index (Phi) is 4.19. The molecule has 2 heterocycles. The van der Waals surface area contributed by atoms with Crippen molar-refractivity contribution >= 4 is 23.2 Å². The molecule has 0 bridgehead atoms. The molecule has 0 aromatic carbocycles. The third-order valence-electron chi connectivity index (χ3n) is 2.63. The Morgan fingerprint density at radius 1 is 1.28 bits per heavy atom. The monoisotopic (exact) mass is 284 g/mol. The van der Waals surface area contributed by atoms with Crippen molar-refractivity contribution in [3.63, 3.8) is 0 Å². The lowest BCUT2D eigenvalue weighted by atomic mass is 10.2. The second kappa shape index (κ2) is 5.67. The van der Waals surface area contributed by atoms with Crippen LogP contribution in [0.4, 0.5) is 0 Å². The van der Waals surface area contributed by atoms with E-state index in [4.69, 9.17) is 23.2 Å². The summed E-state index contributed by atoms with van der Waals surface area (Å²) >= 11 is 12.2. The molecule has 0 aliphatic carbocycles. The van der Waals surface area contributed by atoms with Gasteiger partial charge in [-0.3, -0.25) is 0 Å². The molecule has 4 nitrogen and oxygen atoms in total. The standard InChI is InChI=1S/C12H14Cl2N4/c1-3-4-10-9(7-13)12(14)18(17-10)11-6-5-8(2)15-16-11/h5-6H,3-4,7H2,1-2H3. The molecule has 2 aromatic heterocycles. The third-order valence-corrected chi connectivity index (χ3v) is 3.28. The zero-order valence-electron chi connectivity index (χ0n) is 10.3. The second-order valence-electron chi connectivity index (χ2n) is 4.04. The lowest BCUT2D eigenvalue weighted by Gasteiger charge is -2.01. The van der Waals surface area contributed by atoms with Crippen molar-refractivity contribution in [2.75, 3.05) is 0 Å². The molecule has 18 heavy (non-hydrogen) atoms. The molecule has 2 aromatic rings. The van der Waals surface area contributed by atoms with E-state index >= 15 is 0 Å². The van der Waals surface area contributed by atoms with E-state index in [0.717, 1.165) is 29.8 Å². The van der Waals surface area contributed by atoms with Crippen LogP contribution >= 0.6 is 23.2 Å². The molecule has 96 valence electrons. The summed E-state index contributed by atoms with van der Waals surface area (Å²) in [5, 5.41) is 13.1. The molecule has 0 amide bonds. The van der Waals surface area contributed by atoms with Gasteiger partial charge < -0.3 is 0 Å². The largest absolute Gasteiger partial charge is 0.201 e. The van der Waals surface area contributed by atoms with Gasteiger partial charge in [-0.1, -0.05) is 24.9 Å². The predicted molar refractivity (Wildman–Crippen MR) is 72.5 cm³/mol. The van der Waals surface area contributed by atoms with Crippen LogP contribution in [0.5, 0.6) is 0 Å². The fourth-order valence-electron chi connectivity index (χ4n) is 1.70. The Labute approximate surface area is 116 Å². The maximum Gasteiger partial charge on any atom is 0.177 e. The predicted octanol–water partition coefficient (Wildman–Crippen LogP) is 3.32. The molecular weight excluding hydrogens is 271 g/mol. The number of nitrogens with zero attached hydrogens (tertiary/aromatic N) is 4. The topological polar surface area (TPSA) is 43.6 Å². The molecule has 0 atom stereocenters. The summed E-state index contributed by atoms with van der Waals surface area (Å²) in [6.45, 7) is 3.98. The zero-order chi connectivity index (χ0) is 13.1. The highest BCUT2D eigenvalue weighted by atomic mass is 35.5. The molecule has 0 saturated heterocycles. The number of halogens is 2. The smallest absolute Gasteiger partial charge is 0.177 e. The van der Waals surface area contributed by atoms with Gasteiger partial charge in [0.15, 0.2) is 5.82 Å². The normalized spacial score (nSPS) is 10.9. The van der Waals surface area contributed by atoms with Crippen molar-refractivity contribution in [1.82, 2.24) is 20.0 Å². The molecule has 0 spiro atoms. The molecule has 0 fully saturated rings. The summed E-state index contributed by atoms with van der Waals surface area (Å²) in [7, 11) is 0. The first-order chi connectivity index (χ1) is 8.67. The van der Waals surface area contributed by atoms with Gasteiger partial charge >= 0.3 is 0 Å². The van der Waals surface area contributed by atoms with Gasteiger partial charge in [0.05, 0.1) is 17.3 Å². The quantitative estimate of drug-likeness (QED) is 0.809. The number of alkyl halides is 1. The van der Waals surface area contributed by atoms with E-state index in [-0.39, 0.29) is 0 Å². The molecule has 0 N–H and O–H groups in total. The molecule has 0 unspecified atom stereocenters. The minimum Gasteiger partial charge on any atom is -0.201 e. The Bertz CT molecular complexity index is 534. The van der Waals surface area contributed by atoms with Gasteiger partial charge in [-0.15, -0.1) is 16.7 Å². The number of aromatic nitrogens is 4. The van der Waals surface area contributed by atoms with Crippen LogP contribution in [0.2, 0.25) is 5.15 Å². The van der Waals surface area contributed by atoms with Crippen LogP contribution in [-0.4, -0.2) is 20.0 Å². The Morgan fingerprint density at radius 3 is 2.61 bits per heavy atom. The average Bonchev–Trinajstić information content (AvgIpc) is 2.67. The Morgan fingerprint density at radius 2 is 2.06 bits per heavy atom. The van der Waals surface area contributed by atoms with E-state index < -0.39 is 0 Å². The van der Waals surface area contributed by atoms with Gasteiger partial charge in [0.1, 0.15) is 5.15 Å². The molecule has 0 aliphatic rings. The van der Waals surface area contributed by atoms with Crippen LogP contribution in [0.25, 0.3) is 5.82 Å². The van der Waals surface area contributed by atoms with Gasteiger partial charge in [0.2, 0.25) is 0 Å². The first-order valence-electron chi connectivity index (χ1n) is 5.80. The van der Waals surface area contributed by atoms with Crippen molar-refractivity contribution in [3.8, 4) is 5.82 Å². The highest BCUT2D eigenvalue weighted by Gasteiger charge is 2.16. The number of rotatable bonds is 4. The number of hydrogen-bond donors (Lipinski definition) is 0. The van der Waals surface area contributed by atoms with Crippen molar-refractivity contribution in [3.05, 3.63) is 34.2 Å². The fraction of sp³-hybridized carbons (Fsp3) is 0.417. The van der Waals surface area contributed by atoms with Gasteiger partial charge in [-0.25, -0.2) is 4.68 Å². The summed E-state index contributed by atoms with van der Waals surface area (Å²) in [5.41, 5.74) is 2.66. The minimum atomic E-state index is 0.355. The number of hydrogen-bond acceptors (Lipinski definition) is 3. The van der Waals surface area contributed by atoms with E-state index in [1.54, 1.807) is 4.68 Å². The molecule has 0 saturated carbocycles. The highest BCUT2D eigenvalue weighted by Crippen LogP contribution is 2.25. The van der Waals surface area contributed by atoms with Crippen molar-refractivity contribution < 1.29 is 0 Å². The summed E-state index contributed by atoms with van der Waals surface area (Å²) < 4.78 is 1.59. The van der Waals surface area contributed by atoms with Crippen LogP contribution in [0.3, 0.4) is 0 Å². The third kappa shape index (κ3) is 2.49. The summed E-state index contributed by atoms with van der Waals surface area (Å²) in [4.78, 5) is 0. The minimum absolute atomic E-state index is 0.355. The SMILES string of the molecule is CCCc1nn(-c2ccc(C)nn2)c(Cl)c1CCl. The van der Waals surface area contributed by atoms with E-state index in [9.17, 15) is 0 Å². The molecule has 6 heteroatoms. The van der Waals surface area contributed by atoms with Crippen LogP contribution in [0, 0.1) is 6.92 Å². The van der Waals surface area contributed by atoms with E-state index in [1.807, 2.05) is 19.1 Å². The Hall–Kier alpha value is -1.13. The molecule has 0 aliphatic heterocycles. The van der Waals surface area contributed by atoms with Crippen LogP contribution < -0.4 is 0 Å². The zero-order valence-corrected chi connectivity index (χ0v) is 11.8. The Balaban J connectivity index is 2.47. The summed E-state index contributed by atoms with van der Waals surface area (Å²) in [5.74, 6) is 0.965. The lowest BCUT2D eigenvalue weighted by molar-refractivity contribution is 0.770. The molecular formula is C12H14Cl2N4. The van der Waals surface area contributed by atoms with Crippen molar-refractivity contribution in [2.45, 2.75) is 32.6 Å². The highest BCUT2D eigenvalue weighted by molar-refractivity contribution is 6.31. The van der Waals surface area contributed by atoms with Gasteiger partial charge in [0, 0.05) is 5.56 Å². The number of aryl methyl sites for hydroxylation is 2. The van der Waals surface area contributed by atoms with Crippen LogP contribution in [0.1, 0.15) is 30.3 Å². The summed E-state index contributed by atoms with van der Waals surface area (Å²) in [6, 6.07) is 3.72. The van der Waals surface area contributed by atoms with Crippen molar-refractivity contribution in [2.24, 2.45) is 0 Å². The lowest BCUT2D eigenvalue weighted by Crippen LogP contribution is -2.02. The van der Waals surface area contributed by atoms with E-state index in [0.29, 0.717) is 16.9 Å². The van der Waals surface area contributed by atoms with E-state index in [2.05, 4.69) is 22.2 Å². The average molecular weight is 285 g/mol. The van der Waals surface area contributed by atoms with Gasteiger partial charge in [0.25, 0.3) is 0 Å². The van der Waals surface area contributed by atoms with Gasteiger partial charge in [-0.2, -0.15) is 10.2 Å². The van der Waals surface area contributed by atoms with E-state index in [1.165, 1.54) is 0 Å². The first-order valence-corrected chi connectivity index (χ1v) is 6.71. The maximum atomic E-state index is 6.29. The van der Waals surface area contributed by atoms with Crippen LogP contribution in [-0.2, 0) is 12.3 Å². The molecule has 2 rings (SSSR count). The summed E-state index contributed by atoms with van der Waals surface area (Å²) in [6.07, 6.45) is 1.85. The molecule has 0 radical (unpaired) electrons. The second-order valence-corrected chi connectivity index (χ2v) is 4.67.